The average Bonchev–Trinajstić information content (AvgIpc) is 2.46. The van der Waals surface area contributed by atoms with Crippen LogP contribution in [0.5, 0.6) is 5.75 Å². The quantitative estimate of drug-likeness (QED) is 0.881. The molecule has 0 aliphatic heterocycles. The Hall–Kier alpha value is -1.29. The second kappa shape index (κ2) is 7.12. The summed E-state index contributed by atoms with van der Waals surface area (Å²) < 4.78 is 18.7. The van der Waals surface area contributed by atoms with Gasteiger partial charge in [-0.15, -0.1) is 0 Å². The standard InChI is InChI=1S/C16H16Cl2FNO/c1-21-16-5-3-10(7-15(16)19)12(9-20)6-11-2-4-13(17)8-14(11)18/h2-5,7-8,12H,6,9,20H2,1H3. The zero-order chi connectivity index (χ0) is 15.4. The van der Waals surface area contributed by atoms with Gasteiger partial charge in [-0.1, -0.05) is 35.3 Å². The van der Waals surface area contributed by atoms with E-state index in [1.807, 2.05) is 12.1 Å². The van der Waals surface area contributed by atoms with Crippen LogP contribution in [0.3, 0.4) is 0 Å². The highest BCUT2D eigenvalue weighted by molar-refractivity contribution is 6.35. The van der Waals surface area contributed by atoms with E-state index in [0.717, 1.165) is 11.1 Å². The lowest BCUT2D eigenvalue weighted by Gasteiger charge is -2.17. The van der Waals surface area contributed by atoms with Gasteiger partial charge in [0.2, 0.25) is 0 Å². The van der Waals surface area contributed by atoms with E-state index in [9.17, 15) is 4.39 Å². The van der Waals surface area contributed by atoms with Crippen LogP contribution < -0.4 is 10.5 Å². The van der Waals surface area contributed by atoms with Gasteiger partial charge in [0, 0.05) is 16.0 Å². The van der Waals surface area contributed by atoms with E-state index in [4.69, 9.17) is 33.7 Å². The van der Waals surface area contributed by atoms with Crippen LogP contribution in [0.1, 0.15) is 17.0 Å². The molecule has 1 atom stereocenters. The monoisotopic (exact) mass is 327 g/mol. The number of nitrogens with two attached hydrogens (primary N) is 1. The lowest BCUT2D eigenvalue weighted by molar-refractivity contribution is 0.386. The summed E-state index contributed by atoms with van der Waals surface area (Å²) in [6.07, 6.45) is 0.623. The zero-order valence-corrected chi connectivity index (χ0v) is 13.1. The molecular weight excluding hydrogens is 312 g/mol. The second-order valence-electron chi connectivity index (χ2n) is 4.77. The SMILES string of the molecule is COc1ccc(C(CN)Cc2ccc(Cl)cc2Cl)cc1F. The largest absolute Gasteiger partial charge is 0.494 e. The van der Waals surface area contributed by atoms with Gasteiger partial charge >= 0.3 is 0 Å². The Bertz CT molecular complexity index is 634. The van der Waals surface area contributed by atoms with Crippen molar-refractivity contribution in [3.63, 3.8) is 0 Å². The summed E-state index contributed by atoms with van der Waals surface area (Å²) in [6, 6.07) is 10.2. The Morgan fingerprint density at radius 3 is 2.52 bits per heavy atom. The van der Waals surface area contributed by atoms with E-state index >= 15 is 0 Å². The van der Waals surface area contributed by atoms with Gasteiger partial charge in [-0.25, -0.2) is 4.39 Å². The number of halogens is 3. The summed E-state index contributed by atoms with van der Waals surface area (Å²) in [5, 5.41) is 1.18. The molecule has 112 valence electrons. The Labute approximate surface area is 133 Å². The minimum Gasteiger partial charge on any atom is -0.494 e. The van der Waals surface area contributed by atoms with Gasteiger partial charge in [-0.3, -0.25) is 0 Å². The lowest BCUT2D eigenvalue weighted by atomic mass is 9.92. The molecule has 0 saturated carbocycles. The van der Waals surface area contributed by atoms with Crippen LogP contribution in [0.15, 0.2) is 36.4 Å². The molecule has 0 heterocycles. The Kier molecular flexibility index (Phi) is 5.45. The van der Waals surface area contributed by atoms with Crippen molar-refractivity contribution in [2.75, 3.05) is 13.7 Å². The zero-order valence-electron chi connectivity index (χ0n) is 11.6. The van der Waals surface area contributed by atoms with Gasteiger partial charge in [-0.05, 0) is 48.4 Å². The van der Waals surface area contributed by atoms with Crippen molar-refractivity contribution >= 4 is 23.2 Å². The molecule has 0 bridgehead atoms. The minimum atomic E-state index is -0.393. The Morgan fingerprint density at radius 2 is 1.95 bits per heavy atom. The second-order valence-corrected chi connectivity index (χ2v) is 5.61. The minimum absolute atomic E-state index is 0.0240. The molecule has 0 fully saturated rings. The third-order valence-electron chi connectivity index (χ3n) is 3.41. The lowest BCUT2D eigenvalue weighted by Crippen LogP contribution is -2.15. The molecule has 0 aliphatic rings. The van der Waals surface area contributed by atoms with E-state index in [0.29, 0.717) is 23.0 Å². The van der Waals surface area contributed by atoms with Gasteiger partial charge in [0.05, 0.1) is 7.11 Å². The summed E-state index contributed by atoms with van der Waals surface area (Å²) in [5.41, 5.74) is 7.59. The number of rotatable bonds is 5. The maximum absolute atomic E-state index is 13.8. The summed E-state index contributed by atoms with van der Waals surface area (Å²) in [4.78, 5) is 0. The fourth-order valence-electron chi connectivity index (χ4n) is 2.23. The van der Waals surface area contributed by atoms with Gasteiger partial charge in [0.25, 0.3) is 0 Å². The maximum Gasteiger partial charge on any atom is 0.165 e. The third-order valence-corrected chi connectivity index (χ3v) is 4.00. The van der Waals surface area contributed by atoms with Crippen LogP contribution >= 0.6 is 23.2 Å². The highest BCUT2D eigenvalue weighted by atomic mass is 35.5. The van der Waals surface area contributed by atoms with Crippen LogP contribution in [-0.2, 0) is 6.42 Å². The van der Waals surface area contributed by atoms with Crippen molar-refractivity contribution in [3.05, 3.63) is 63.4 Å². The Morgan fingerprint density at radius 1 is 1.19 bits per heavy atom. The van der Waals surface area contributed by atoms with Crippen molar-refractivity contribution in [3.8, 4) is 5.75 Å². The molecule has 0 aromatic heterocycles. The highest BCUT2D eigenvalue weighted by Crippen LogP contribution is 2.29. The van der Waals surface area contributed by atoms with E-state index in [2.05, 4.69) is 0 Å². The van der Waals surface area contributed by atoms with Crippen LogP contribution in [0.4, 0.5) is 4.39 Å². The normalized spacial score (nSPS) is 12.2. The van der Waals surface area contributed by atoms with Crippen molar-refractivity contribution in [1.82, 2.24) is 0 Å². The molecule has 1 unspecified atom stereocenters. The van der Waals surface area contributed by atoms with Crippen molar-refractivity contribution in [1.29, 1.82) is 0 Å². The first-order chi connectivity index (χ1) is 10.0. The molecule has 0 aliphatic carbocycles. The summed E-state index contributed by atoms with van der Waals surface area (Å²) in [5.74, 6) is -0.196. The van der Waals surface area contributed by atoms with E-state index in [1.165, 1.54) is 13.2 Å². The number of methoxy groups -OCH3 is 1. The van der Waals surface area contributed by atoms with Gasteiger partial charge in [0.1, 0.15) is 0 Å². The predicted octanol–water partition coefficient (Wildman–Crippen LogP) is 4.43. The van der Waals surface area contributed by atoms with Crippen molar-refractivity contribution in [2.24, 2.45) is 5.73 Å². The van der Waals surface area contributed by atoms with E-state index in [-0.39, 0.29) is 11.7 Å². The molecular formula is C16H16Cl2FNO. The van der Waals surface area contributed by atoms with Crippen LogP contribution in [0.2, 0.25) is 10.0 Å². The summed E-state index contributed by atoms with van der Waals surface area (Å²) >= 11 is 12.1. The number of ether oxygens (including phenoxy) is 1. The highest BCUT2D eigenvalue weighted by Gasteiger charge is 2.15. The molecule has 2 rings (SSSR count). The topological polar surface area (TPSA) is 35.2 Å². The average molecular weight is 328 g/mol. The number of hydrogen-bond donors (Lipinski definition) is 1. The van der Waals surface area contributed by atoms with Gasteiger partial charge < -0.3 is 10.5 Å². The summed E-state index contributed by atoms with van der Waals surface area (Å²) in [6.45, 7) is 0.394. The summed E-state index contributed by atoms with van der Waals surface area (Å²) in [7, 11) is 1.44. The fourth-order valence-corrected chi connectivity index (χ4v) is 2.71. The molecule has 2 N–H and O–H groups in total. The molecule has 21 heavy (non-hydrogen) atoms. The van der Waals surface area contributed by atoms with Crippen molar-refractivity contribution in [2.45, 2.75) is 12.3 Å². The predicted molar refractivity (Wildman–Crippen MR) is 84.9 cm³/mol. The molecule has 0 saturated heterocycles. The third kappa shape index (κ3) is 3.88. The molecule has 0 amide bonds. The van der Waals surface area contributed by atoms with Crippen molar-refractivity contribution < 1.29 is 9.13 Å². The van der Waals surface area contributed by atoms with Crippen LogP contribution in [0, 0.1) is 5.82 Å². The molecule has 2 aromatic rings. The Balaban J connectivity index is 2.25. The fraction of sp³-hybridized carbons (Fsp3) is 0.250. The number of benzene rings is 2. The maximum atomic E-state index is 13.8. The number of hydrogen-bond acceptors (Lipinski definition) is 2. The van der Waals surface area contributed by atoms with Gasteiger partial charge in [0.15, 0.2) is 11.6 Å². The smallest absolute Gasteiger partial charge is 0.165 e. The molecule has 0 spiro atoms. The first-order valence-electron chi connectivity index (χ1n) is 6.52. The van der Waals surface area contributed by atoms with E-state index in [1.54, 1.807) is 18.2 Å². The molecule has 5 heteroatoms. The van der Waals surface area contributed by atoms with Crippen LogP contribution in [-0.4, -0.2) is 13.7 Å². The van der Waals surface area contributed by atoms with Crippen LogP contribution in [0.25, 0.3) is 0 Å². The molecule has 2 nitrogen and oxygen atoms in total. The van der Waals surface area contributed by atoms with E-state index < -0.39 is 5.82 Å². The first kappa shape index (κ1) is 16.1. The van der Waals surface area contributed by atoms with Gasteiger partial charge in [-0.2, -0.15) is 0 Å². The molecule has 0 radical (unpaired) electrons. The first-order valence-corrected chi connectivity index (χ1v) is 7.28. The molecule has 2 aromatic carbocycles.